The number of alkyl halides is 3. The maximum Gasteiger partial charge on any atom is 0.430 e. The predicted molar refractivity (Wildman–Crippen MR) is 153 cm³/mol. The number of hydrogen-bond donors (Lipinski definition) is 0. The van der Waals surface area contributed by atoms with E-state index in [4.69, 9.17) is 9.47 Å². The molecule has 0 radical (unpaired) electrons. The minimum absolute atomic E-state index is 0.0805. The average Bonchev–Trinajstić information content (AvgIpc) is 2.88. The maximum absolute atomic E-state index is 14.8. The van der Waals surface area contributed by atoms with Crippen molar-refractivity contribution in [2.24, 2.45) is 5.41 Å². The monoisotopic (exact) mass is 656 g/mol. The molecule has 4 rings (SSSR count). The van der Waals surface area contributed by atoms with Crippen LogP contribution >= 0.6 is 15.9 Å². The Balaban J connectivity index is 1.63. The summed E-state index contributed by atoms with van der Waals surface area (Å²) in [6.45, 7) is 7.90. The van der Waals surface area contributed by atoms with Gasteiger partial charge < -0.3 is 19.3 Å². The van der Waals surface area contributed by atoms with Crippen LogP contribution in [0.5, 0.6) is 0 Å². The van der Waals surface area contributed by atoms with E-state index in [2.05, 4.69) is 15.9 Å². The van der Waals surface area contributed by atoms with Crippen LogP contribution in [0.3, 0.4) is 0 Å². The minimum Gasteiger partial charge on any atom is -0.444 e. The highest BCUT2D eigenvalue weighted by Crippen LogP contribution is 2.52. The third-order valence-corrected chi connectivity index (χ3v) is 8.91. The molecular weight excluding hydrogens is 620 g/mol. The fraction of sp³-hybridized carbons (Fsp3) is 0.548. The number of piperidine rings is 2. The van der Waals surface area contributed by atoms with Gasteiger partial charge in [0.1, 0.15) is 11.4 Å². The lowest BCUT2D eigenvalue weighted by molar-refractivity contribution is -0.271. The van der Waals surface area contributed by atoms with E-state index in [1.807, 2.05) is 0 Å². The summed E-state index contributed by atoms with van der Waals surface area (Å²) in [7, 11) is 0.907. The van der Waals surface area contributed by atoms with Gasteiger partial charge in [-0.05, 0) is 87.8 Å². The van der Waals surface area contributed by atoms with Crippen LogP contribution < -0.4 is 0 Å². The molecule has 2 saturated heterocycles. The van der Waals surface area contributed by atoms with Crippen molar-refractivity contribution < 1.29 is 36.6 Å². The van der Waals surface area contributed by atoms with E-state index in [9.17, 15) is 27.2 Å². The first-order valence-electron chi connectivity index (χ1n) is 13.9. The van der Waals surface area contributed by atoms with Crippen molar-refractivity contribution >= 4 is 27.9 Å². The molecule has 2 amide bonds. The van der Waals surface area contributed by atoms with Crippen LogP contribution in [0.2, 0.25) is 0 Å². The number of carbonyl (C=O) groups excluding carboxylic acids is 2. The van der Waals surface area contributed by atoms with Crippen LogP contribution in [-0.2, 0) is 19.9 Å². The quantitative estimate of drug-likeness (QED) is 0.323. The first-order chi connectivity index (χ1) is 19.5. The van der Waals surface area contributed by atoms with Crippen molar-refractivity contribution in [1.29, 1.82) is 0 Å². The molecule has 0 aromatic heterocycles. The number of halogens is 5. The Morgan fingerprint density at radius 2 is 1.52 bits per heavy atom. The summed E-state index contributed by atoms with van der Waals surface area (Å²) in [6, 6.07) is 10.4. The van der Waals surface area contributed by atoms with Crippen LogP contribution in [-0.4, -0.2) is 66.9 Å². The van der Waals surface area contributed by atoms with Crippen molar-refractivity contribution in [2.45, 2.75) is 70.3 Å². The largest absolute Gasteiger partial charge is 0.444 e. The second-order valence-electron chi connectivity index (χ2n) is 12.3. The van der Waals surface area contributed by atoms with E-state index in [0.717, 1.165) is 12.7 Å². The second kappa shape index (κ2) is 11.8. The van der Waals surface area contributed by atoms with Gasteiger partial charge in [0.25, 0.3) is 11.5 Å². The van der Waals surface area contributed by atoms with Crippen molar-refractivity contribution in [1.82, 2.24) is 9.80 Å². The molecule has 2 aromatic carbocycles. The first-order valence-corrected chi connectivity index (χ1v) is 14.7. The summed E-state index contributed by atoms with van der Waals surface area (Å²) in [5, 5.41) is 0. The smallest absolute Gasteiger partial charge is 0.430 e. The van der Waals surface area contributed by atoms with Gasteiger partial charge in [-0.3, -0.25) is 4.79 Å². The first kappa shape index (κ1) is 32.3. The standard InChI is InChI=1S/C31H37BrF4N2O4/c1-20-16-22(18-23(32)17-20)30(41-5,31(34,35)36)26(39)37-13-10-29(11-14-37)12-15-38(27(40)42-28(2,3)4)19-25(29)21-6-8-24(33)9-7-21/h6-9,16-18,25H,10-15,19H2,1-5H3/t25-,30?/m0/s1. The Labute approximate surface area is 252 Å². The Morgan fingerprint density at radius 1 is 0.952 bits per heavy atom. The zero-order valence-electron chi connectivity index (χ0n) is 24.5. The van der Waals surface area contributed by atoms with E-state index in [1.54, 1.807) is 50.8 Å². The molecule has 2 fully saturated rings. The van der Waals surface area contributed by atoms with Crippen LogP contribution in [0.25, 0.3) is 0 Å². The molecule has 1 spiro atoms. The molecule has 230 valence electrons. The topological polar surface area (TPSA) is 59.1 Å². The van der Waals surface area contributed by atoms with Crippen molar-refractivity contribution in [3.05, 3.63) is 69.4 Å². The number of rotatable bonds is 4. The summed E-state index contributed by atoms with van der Waals surface area (Å²) < 4.78 is 69.2. The van der Waals surface area contributed by atoms with Gasteiger partial charge in [-0.1, -0.05) is 34.1 Å². The fourth-order valence-corrected chi connectivity index (χ4v) is 6.94. The van der Waals surface area contributed by atoms with Crippen molar-refractivity contribution in [2.75, 3.05) is 33.3 Å². The number of methoxy groups -OCH3 is 1. The van der Waals surface area contributed by atoms with Gasteiger partial charge >= 0.3 is 12.3 Å². The van der Waals surface area contributed by atoms with Gasteiger partial charge in [0, 0.05) is 49.2 Å². The zero-order valence-corrected chi connectivity index (χ0v) is 26.1. The lowest BCUT2D eigenvalue weighted by Gasteiger charge is -2.52. The molecule has 2 aliphatic heterocycles. The Kier molecular flexibility index (Phi) is 9.05. The van der Waals surface area contributed by atoms with E-state index in [1.165, 1.54) is 29.2 Å². The number of carbonyl (C=O) groups is 2. The Bertz CT molecular complexity index is 1280. The molecule has 11 heteroatoms. The normalized spacial score (nSPS) is 20.8. The number of hydrogen-bond acceptors (Lipinski definition) is 4. The van der Waals surface area contributed by atoms with E-state index in [0.29, 0.717) is 42.4 Å². The minimum atomic E-state index is -5.02. The number of amides is 2. The second-order valence-corrected chi connectivity index (χ2v) is 13.3. The van der Waals surface area contributed by atoms with Crippen LogP contribution in [0, 0.1) is 18.2 Å². The molecule has 1 unspecified atom stereocenters. The molecule has 42 heavy (non-hydrogen) atoms. The molecule has 0 saturated carbocycles. The Hall–Kier alpha value is -2.66. The van der Waals surface area contributed by atoms with E-state index >= 15 is 0 Å². The lowest BCUT2D eigenvalue weighted by atomic mass is 9.62. The summed E-state index contributed by atoms with van der Waals surface area (Å²) in [5.41, 5.74) is -3.16. The molecule has 2 heterocycles. The summed E-state index contributed by atoms with van der Waals surface area (Å²) in [4.78, 5) is 29.6. The van der Waals surface area contributed by atoms with Gasteiger partial charge in [0.15, 0.2) is 0 Å². The number of aryl methyl sites for hydroxylation is 1. The SMILES string of the molecule is COC(C(=O)N1CCC2(CCN(C(=O)OC(C)(C)C)C[C@H]2c2ccc(F)cc2)CC1)(c1cc(C)cc(Br)c1)C(F)(F)F. The predicted octanol–water partition coefficient (Wildman–Crippen LogP) is 7.33. The molecule has 2 aromatic rings. The molecular formula is C31H37BrF4N2O4. The molecule has 2 atom stereocenters. The highest BCUT2D eigenvalue weighted by atomic mass is 79.9. The molecule has 6 nitrogen and oxygen atoms in total. The van der Waals surface area contributed by atoms with E-state index in [-0.39, 0.29) is 30.4 Å². The van der Waals surface area contributed by atoms with E-state index < -0.39 is 34.8 Å². The zero-order chi connectivity index (χ0) is 31.1. The molecule has 0 aliphatic carbocycles. The third kappa shape index (κ3) is 6.32. The highest BCUT2D eigenvalue weighted by molar-refractivity contribution is 9.10. The molecule has 0 bridgehead atoms. The van der Waals surface area contributed by atoms with Crippen molar-refractivity contribution in [3.8, 4) is 0 Å². The van der Waals surface area contributed by atoms with Gasteiger partial charge in [-0.2, -0.15) is 13.2 Å². The third-order valence-electron chi connectivity index (χ3n) is 8.45. The Morgan fingerprint density at radius 3 is 2.02 bits per heavy atom. The maximum atomic E-state index is 14.8. The van der Waals surface area contributed by atoms with Gasteiger partial charge in [0.05, 0.1) is 0 Å². The van der Waals surface area contributed by atoms with Crippen molar-refractivity contribution in [3.63, 3.8) is 0 Å². The number of likely N-dealkylation sites (tertiary alicyclic amines) is 2. The number of nitrogens with zero attached hydrogens (tertiary/aromatic N) is 2. The average molecular weight is 658 g/mol. The van der Waals surface area contributed by atoms with Crippen LogP contribution in [0.15, 0.2) is 46.9 Å². The van der Waals surface area contributed by atoms with Crippen LogP contribution in [0.1, 0.15) is 62.6 Å². The fourth-order valence-electron chi connectivity index (χ4n) is 6.33. The summed E-state index contributed by atoms with van der Waals surface area (Å²) in [6.07, 6.45) is -4.07. The number of ether oxygens (including phenoxy) is 2. The van der Waals surface area contributed by atoms with Crippen LogP contribution in [0.4, 0.5) is 22.4 Å². The number of benzene rings is 2. The van der Waals surface area contributed by atoms with Gasteiger partial charge in [-0.25, -0.2) is 9.18 Å². The summed E-state index contributed by atoms with van der Waals surface area (Å²) >= 11 is 3.25. The van der Waals surface area contributed by atoms with Gasteiger partial charge in [0.2, 0.25) is 0 Å². The summed E-state index contributed by atoms with van der Waals surface area (Å²) in [5.74, 6) is -1.77. The molecule has 2 aliphatic rings. The lowest BCUT2D eigenvalue weighted by Crippen LogP contribution is -2.60. The molecule has 0 N–H and O–H groups in total. The van der Waals surface area contributed by atoms with Gasteiger partial charge in [-0.15, -0.1) is 0 Å². The highest BCUT2D eigenvalue weighted by Gasteiger charge is 2.64.